The number of likely N-dealkylation sites (tertiary alicyclic amines) is 1. The third-order valence-electron chi connectivity index (χ3n) is 5.82. The second-order valence-corrected chi connectivity index (χ2v) is 8.04. The third-order valence-corrected chi connectivity index (χ3v) is 6.49. The molecule has 122 valence electrons. The first kappa shape index (κ1) is 17.2. The lowest BCUT2D eigenvalue weighted by molar-refractivity contribution is -0.132. The predicted molar refractivity (Wildman–Crippen MR) is 92.7 cm³/mol. The number of hydrogen-bond acceptors (Lipinski definition) is 2. The molecule has 2 rings (SSSR count). The van der Waals surface area contributed by atoms with E-state index in [4.69, 9.17) is 0 Å². The molecule has 2 fully saturated rings. The molecule has 3 heteroatoms. The van der Waals surface area contributed by atoms with E-state index in [1.165, 1.54) is 44.9 Å². The Kier molecular flexibility index (Phi) is 6.46. The smallest absolute Gasteiger partial charge is 0.222 e. The minimum atomic E-state index is 0.285. The number of thiol groups is 1. The lowest BCUT2D eigenvalue weighted by Gasteiger charge is -2.37. The van der Waals surface area contributed by atoms with E-state index in [0.717, 1.165) is 37.6 Å². The van der Waals surface area contributed by atoms with Gasteiger partial charge in [0.15, 0.2) is 0 Å². The van der Waals surface area contributed by atoms with Crippen molar-refractivity contribution in [3.63, 3.8) is 0 Å². The van der Waals surface area contributed by atoms with E-state index in [9.17, 15) is 4.79 Å². The number of carbonyl (C=O) groups excluding carboxylic acids is 1. The van der Waals surface area contributed by atoms with Crippen LogP contribution in [0.15, 0.2) is 0 Å². The van der Waals surface area contributed by atoms with Gasteiger partial charge >= 0.3 is 0 Å². The number of amides is 1. The van der Waals surface area contributed by atoms with Gasteiger partial charge in [-0.05, 0) is 48.7 Å². The summed E-state index contributed by atoms with van der Waals surface area (Å²) in [5.41, 5.74) is 0.285. The Labute approximate surface area is 136 Å². The lowest BCUT2D eigenvalue weighted by Crippen LogP contribution is -2.42. The summed E-state index contributed by atoms with van der Waals surface area (Å²) in [6, 6.07) is 0. The molecule has 0 spiro atoms. The number of hydrogen-bond donors (Lipinski definition) is 1. The van der Waals surface area contributed by atoms with Gasteiger partial charge in [-0.2, -0.15) is 12.6 Å². The first-order chi connectivity index (χ1) is 10.1. The molecule has 1 amide bonds. The molecule has 0 aromatic carbocycles. The third kappa shape index (κ3) is 4.64. The summed E-state index contributed by atoms with van der Waals surface area (Å²) in [5, 5.41) is 0. The molecule has 1 atom stereocenters. The highest BCUT2D eigenvalue weighted by Gasteiger charge is 2.34. The van der Waals surface area contributed by atoms with Crippen LogP contribution >= 0.6 is 12.6 Å². The molecule has 0 radical (unpaired) electrons. The highest BCUT2D eigenvalue weighted by Crippen LogP contribution is 2.38. The fraction of sp³-hybridized carbons (Fsp3) is 0.944. The Morgan fingerprint density at radius 2 is 1.86 bits per heavy atom. The summed E-state index contributed by atoms with van der Waals surface area (Å²) in [4.78, 5) is 14.7. The average Bonchev–Trinajstić information content (AvgIpc) is 2.80. The molecule has 1 heterocycles. The number of rotatable bonds is 4. The van der Waals surface area contributed by atoms with Crippen LogP contribution in [0.25, 0.3) is 0 Å². The maximum absolute atomic E-state index is 12.5. The van der Waals surface area contributed by atoms with Crippen molar-refractivity contribution in [2.45, 2.75) is 71.6 Å². The summed E-state index contributed by atoms with van der Waals surface area (Å²) in [6.07, 6.45) is 10.9. The molecular weight excluding hydrogens is 278 g/mol. The molecule has 0 aromatic rings. The summed E-state index contributed by atoms with van der Waals surface area (Å²) in [6.45, 7) is 6.52. The molecule has 0 N–H and O–H groups in total. The van der Waals surface area contributed by atoms with Crippen molar-refractivity contribution in [1.82, 2.24) is 4.90 Å². The molecule has 21 heavy (non-hydrogen) atoms. The molecule has 0 aromatic heterocycles. The Balaban J connectivity index is 2.00. The van der Waals surface area contributed by atoms with E-state index in [1.54, 1.807) is 0 Å². The SMILES string of the molecule is CC(C)C1CCC(=O)N(CC2(CS)CCCCCC2)CC1. The summed E-state index contributed by atoms with van der Waals surface area (Å²) < 4.78 is 0. The second-order valence-electron chi connectivity index (χ2n) is 7.72. The predicted octanol–water partition coefficient (Wildman–Crippen LogP) is 4.54. The molecule has 1 saturated carbocycles. The lowest BCUT2D eigenvalue weighted by atomic mass is 9.81. The van der Waals surface area contributed by atoms with E-state index in [-0.39, 0.29) is 5.41 Å². The van der Waals surface area contributed by atoms with E-state index in [1.807, 2.05) is 0 Å². The first-order valence-corrected chi connectivity index (χ1v) is 9.58. The van der Waals surface area contributed by atoms with Gasteiger partial charge in [-0.25, -0.2) is 0 Å². The van der Waals surface area contributed by atoms with Crippen LogP contribution in [-0.2, 0) is 4.79 Å². The Morgan fingerprint density at radius 3 is 2.43 bits per heavy atom. The zero-order valence-corrected chi connectivity index (χ0v) is 14.8. The number of nitrogens with zero attached hydrogens (tertiary/aromatic N) is 1. The van der Waals surface area contributed by atoms with Crippen molar-refractivity contribution in [2.75, 3.05) is 18.8 Å². The van der Waals surface area contributed by atoms with Gasteiger partial charge in [0.05, 0.1) is 0 Å². The van der Waals surface area contributed by atoms with Gasteiger partial charge in [-0.1, -0.05) is 39.5 Å². The minimum absolute atomic E-state index is 0.285. The van der Waals surface area contributed by atoms with Crippen LogP contribution in [0.2, 0.25) is 0 Å². The van der Waals surface area contributed by atoms with E-state index in [2.05, 4.69) is 31.4 Å². The van der Waals surface area contributed by atoms with Crippen LogP contribution in [0, 0.1) is 17.3 Å². The van der Waals surface area contributed by atoms with Gasteiger partial charge in [0.1, 0.15) is 0 Å². The second kappa shape index (κ2) is 7.89. The van der Waals surface area contributed by atoms with Gasteiger partial charge < -0.3 is 4.90 Å². The van der Waals surface area contributed by atoms with Gasteiger partial charge in [0.2, 0.25) is 5.91 Å². The van der Waals surface area contributed by atoms with Crippen molar-refractivity contribution in [2.24, 2.45) is 17.3 Å². The van der Waals surface area contributed by atoms with Crippen molar-refractivity contribution < 1.29 is 4.79 Å². The molecule has 1 saturated heterocycles. The molecule has 1 aliphatic carbocycles. The Morgan fingerprint density at radius 1 is 1.19 bits per heavy atom. The topological polar surface area (TPSA) is 20.3 Å². The monoisotopic (exact) mass is 311 g/mol. The highest BCUT2D eigenvalue weighted by molar-refractivity contribution is 7.80. The fourth-order valence-corrected chi connectivity index (χ4v) is 4.56. The quantitative estimate of drug-likeness (QED) is 0.597. The van der Waals surface area contributed by atoms with Crippen LogP contribution in [-0.4, -0.2) is 29.6 Å². The normalized spacial score (nSPS) is 27.5. The number of carbonyl (C=O) groups is 1. The van der Waals surface area contributed by atoms with E-state index < -0.39 is 0 Å². The fourth-order valence-electron chi connectivity index (χ4n) is 4.14. The van der Waals surface area contributed by atoms with Crippen molar-refractivity contribution in [1.29, 1.82) is 0 Å². The van der Waals surface area contributed by atoms with Crippen molar-refractivity contribution >= 4 is 18.5 Å². The summed E-state index contributed by atoms with van der Waals surface area (Å²) in [7, 11) is 0. The van der Waals surface area contributed by atoms with Gasteiger partial charge in [0.25, 0.3) is 0 Å². The standard InChI is InChI=1S/C18H33NOS/c1-15(2)16-7-8-17(20)19(12-9-16)13-18(14-21)10-5-3-4-6-11-18/h15-16,21H,3-14H2,1-2H3. The largest absolute Gasteiger partial charge is 0.342 e. The summed E-state index contributed by atoms with van der Waals surface area (Å²) in [5.74, 6) is 2.75. The van der Waals surface area contributed by atoms with Crippen molar-refractivity contribution in [3.05, 3.63) is 0 Å². The Hall–Kier alpha value is -0.180. The summed E-state index contributed by atoms with van der Waals surface area (Å²) >= 11 is 4.67. The zero-order valence-electron chi connectivity index (χ0n) is 13.9. The van der Waals surface area contributed by atoms with Gasteiger partial charge in [-0.3, -0.25) is 4.79 Å². The molecular formula is C18H33NOS. The van der Waals surface area contributed by atoms with Crippen LogP contribution in [0.3, 0.4) is 0 Å². The minimum Gasteiger partial charge on any atom is -0.342 e. The molecule has 1 unspecified atom stereocenters. The van der Waals surface area contributed by atoms with Gasteiger partial charge in [0, 0.05) is 19.5 Å². The maximum atomic E-state index is 12.5. The van der Waals surface area contributed by atoms with E-state index >= 15 is 0 Å². The maximum Gasteiger partial charge on any atom is 0.222 e. The average molecular weight is 312 g/mol. The highest BCUT2D eigenvalue weighted by atomic mass is 32.1. The molecule has 1 aliphatic heterocycles. The van der Waals surface area contributed by atoms with Crippen molar-refractivity contribution in [3.8, 4) is 0 Å². The Bertz CT molecular complexity index is 334. The molecule has 2 aliphatic rings. The molecule has 2 nitrogen and oxygen atoms in total. The first-order valence-electron chi connectivity index (χ1n) is 8.95. The van der Waals surface area contributed by atoms with E-state index in [0.29, 0.717) is 11.8 Å². The van der Waals surface area contributed by atoms with Crippen LogP contribution < -0.4 is 0 Å². The molecule has 0 bridgehead atoms. The van der Waals surface area contributed by atoms with Crippen LogP contribution in [0.1, 0.15) is 71.6 Å². The zero-order chi connectivity index (χ0) is 15.3. The van der Waals surface area contributed by atoms with Crippen LogP contribution in [0.5, 0.6) is 0 Å². The van der Waals surface area contributed by atoms with Gasteiger partial charge in [-0.15, -0.1) is 0 Å². The van der Waals surface area contributed by atoms with Crippen LogP contribution in [0.4, 0.5) is 0 Å².